The molecule has 1 unspecified atom stereocenters. The van der Waals surface area contributed by atoms with Crippen LogP contribution < -0.4 is 10.2 Å². The van der Waals surface area contributed by atoms with E-state index >= 15 is 0 Å². The normalized spacial score (nSPS) is 20.7. The number of carbonyl (C=O) groups is 1. The zero-order chi connectivity index (χ0) is 16.9. The second kappa shape index (κ2) is 5.26. The molecule has 0 aliphatic carbocycles. The first-order chi connectivity index (χ1) is 11.6. The Hall–Kier alpha value is -2.49. The first-order valence-electron chi connectivity index (χ1n) is 8.48. The predicted octanol–water partition coefficient (Wildman–Crippen LogP) is 4.22. The Bertz CT molecular complexity index is 830. The smallest absolute Gasteiger partial charge is 0.337 e. The van der Waals surface area contributed by atoms with Gasteiger partial charge < -0.3 is 15.0 Å². The highest BCUT2D eigenvalue weighted by atomic mass is 16.5. The van der Waals surface area contributed by atoms with Crippen LogP contribution in [0.3, 0.4) is 0 Å². The summed E-state index contributed by atoms with van der Waals surface area (Å²) in [5, 5.41) is 3.70. The van der Waals surface area contributed by atoms with Crippen LogP contribution in [0.2, 0.25) is 0 Å². The van der Waals surface area contributed by atoms with Gasteiger partial charge in [0.15, 0.2) is 0 Å². The third-order valence-electron chi connectivity index (χ3n) is 5.41. The van der Waals surface area contributed by atoms with E-state index in [4.69, 9.17) is 4.74 Å². The van der Waals surface area contributed by atoms with Crippen molar-refractivity contribution in [1.82, 2.24) is 0 Å². The second-order valence-corrected chi connectivity index (χ2v) is 6.75. The summed E-state index contributed by atoms with van der Waals surface area (Å²) in [7, 11) is 1.42. The SMILES string of the molecule is CCC1(C)Nc2cc(C(=O)OC)ccc2N2CCc3cccc1c32. The highest BCUT2D eigenvalue weighted by Crippen LogP contribution is 2.49. The van der Waals surface area contributed by atoms with Crippen molar-refractivity contribution in [2.24, 2.45) is 0 Å². The van der Waals surface area contributed by atoms with Crippen molar-refractivity contribution in [3.63, 3.8) is 0 Å². The van der Waals surface area contributed by atoms with Gasteiger partial charge in [0, 0.05) is 12.1 Å². The Morgan fingerprint density at radius 1 is 1.33 bits per heavy atom. The number of methoxy groups -OCH3 is 1. The van der Waals surface area contributed by atoms with Gasteiger partial charge >= 0.3 is 5.97 Å². The lowest BCUT2D eigenvalue weighted by Crippen LogP contribution is -2.30. The molecular formula is C20H22N2O2. The molecule has 0 saturated heterocycles. The van der Waals surface area contributed by atoms with E-state index in [1.54, 1.807) is 0 Å². The molecular weight excluding hydrogens is 300 g/mol. The average Bonchev–Trinajstić information content (AvgIpc) is 3.00. The van der Waals surface area contributed by atoms with E-state index in [2.05, 4.69) is 42.3 Å². The molecule has 0 aromatic heterocycles. The molecule has 4 rings (SSSR count). The first kappa shape index (κ1) is 15.1. The lowest BCUT2D eigenvalue weighted by molar-refractivity contribution is 0.0601. The van der Waals surface area contributed by atoms with E-state index in [0.29, 0.717) is 5.56 Å². The number of esters is 1. The standard InChI is InChI=1S/C20H22N2O2/c1-4-20(2)15-7-5-6-13-10-11-22(18(13)15)17-9-8-14(19(23)24-3)12-16(17)21-20/h5-9,12,21H,4,10-11H2,1-3H3. The van der Waals surface area contributed by atoms with Crippen LogP contribution in [0.4, 0.5) is 17.1 Å². The summed E-state index contributed by atoms with van der Waals surface area (Å²) in [6.45, 7) is 5.40. The fourth-order valence-electron chi connectivity index (χ4n) is 3.90. The number of fused-ring (bicyclic) bond motifs is 2. The van der Waals surface area contributed by atoms with Gasteiger partial charge in [0.1, 0.15) is 0 Å². The molecule has 1 N–H and O–H groups in total. The molecule has 1 atom stereocenters. The fourth-order valence-corrected chi connectivity index (χ4v) is 3.90. The average molecular weight is 322 g/mol. The van der Waals surface area contributed by atoms with Crippen molar-refractivity contribution < 1.29 is 9.53 Å². The third kappa shape index (κ3) is 2.02. The highest BCUT2D eigenvalue weighted by Gasteiger charge is 2.37. The summed E-state index contributed by atoms with van der Waals surface area (Å²) in [6.07, 6.45) is 2.01. The predicted molar refractivity (Wildman–Crippen MR) is 96.2 cm³/mol. The molecule has 2 aliphatic rings. The molecule has 0 fully saturated rings. The lowest BCUT2D eigenvalue weighted by atomic mass is 9.87. The van der Waals surface area contributed by atoms with E-state index in [0.717, 1.165) is 30.8 Å². The van der Waals surface area contributed by atoms with E-state index in [1.807, 2.05) is 18.2 Å². The van der Waals surface area contributed by atoms with E-state index in [-0.39, 0.29) is 11.5 Å². The van der Waals surface area contributed by atoms with E-state index < -0.39 is 0 Å². The second-order valence-electron chi connectivity index (χ2n) is 6.75. The quantitative estimate of drug-likeness (QED) is 0.841. The molecule has 2 aromatic rings. The number of benzene rings is 2. The van der Waals surface area contributed by atoms with Gasteiger partial charge in [-0.2, -0.15) is 0 Å². The highest BCUT2D eigenvalue weighted by molar-refractivity contribution is 5.94. The topological polar surface area (TPSA) is 41.6 Å². The molecule has 0 spiro atoms. The molecule has 4 nitrogen and oxygen atoms in total. The molecule has 24 heavy (non-hydrogen) atoms. The molecule has 0 amide bonds. The summed E-state index contributed by atoms with van der Waals surface area (Å²) < 4.78 is 4.88. The van der Waals surface area contributed by atoms with Gasteiger partial charge in [-0.25, -0.2) is 4.79 Å². The van der Waals surface area contributed by atoms with Crippen molar-refractivity contribution in [3.05, 3.63) is 53.1 Å². The molecule has 4 heteroatoms. The largest absolute Gasteiger partial charge is 0.465 e. The van der Waals surface area contributed by atoms with Gasteiger partial charge in [-0.15, -0.1) is 0 Å². The Balaban J connectivity index is 1.94. The first-order valence-corrected chi connectivity index (χ1v) is 8.48. The Kier molecular flexibility index (Phi) is 3.30. The number of rotatable bonds is 2. The number of ether oxygens (including phenoxy) is 1. The van der Waals surface area contributed by atoms with Crippen molar-refractivity contribution >= 4 is 23.0 Å². The zero-order valence-electron chi connectivity index (χ0n) is 14.3. The van der Waals surface area contributed by atoms with Gasteiger partial charge in [-0.1, -0.05) is 25.1 Å². The van der Waals surface area contributed by atoms with Crippen LogP contribution in [-0.2, 0) is 16.7 Å². The molecule has 0 saturated carbocycles. The van der Waals surface area contributed by atoms with E-state index in [1.165, 1.54) is 23.9 Å². The Morgan fingerprint density at radius 2 is 2.17 bits per heavy atom. The summed E-state index contributed by atoms with van der Waals surface area (Å²) in [6, 6.07) is 12.4. The zero-order valence-corrected chi connectivity index (χ0v) is 14.3. The van der Waals surface area contributed by atoms with E-state index in [9.17, 15) is 4.79 Å². The number of nitrogens with zero attached hydrogens (tertiary/aromatic N) is 1. The minimum atomic E-state index is -0.304. The van der Waals surface area contributed by atoms with Crippen molar-refractivity contribution in [2.75, 3.05) is 23.9 Å². The maximum atomic E-state index is 11.9. The summed E-state index contributed by atoms with van der Waals surface area (Å²) in [5.41, 5.74) is 6.59. The maximum absolute atomic E-state index is 11.9. The number of nitrogens with one attached hydrogen (secondary N) is 1. The molecule has 0 radical (unpaired) electrons. The molecule has 2 heterocycles. The van der Waals surface area contributed by atoms with Crippen molar-refractivity contribution in [1.29, 1.82) is 0 Å². The van der Waals surface area contributed by atoms with Crippen LogP contribution in [0.15, 0.2) is 36.4 Å². The maximum Gasteiger partial charge on any atom is 0.337 e. The monoisotopic (exact) mass is 322 g/mol. The third-order valence-corrected chi connectivity index (χ3v) is 5.41. The van der Waals surface area contributed by atoms with Crippen LogP contribution in [0.5, 0.6) is 0 Å². The van der Waals surface area contributed by atoms with Crippen molar-refractivity contribution in [2.45, 2.75) is 32.2 Å². The van der Waals surface area contributed by atoms with Crippen LogP contribution >= 0.6 is 0 Å². The molecule has 0 bridgehead atoms. The molecule has 124 valence electrons. The van der Waals surface area contributed by atoms with Gasteiger partial charge in [-0.05, 0) is 43.5 Å². The van der Waals surface area contributed by atoms with Crippen LogP contribution in [0.1, 0.15) is 41.8 Å². The lowest BCUT2D eigenvalue weighted by Gasteiger charge is -2.31. The molecule has 2 aromatic carbocycles. The minimum absolute atomic E-state index is 0.173. The van der Waals surface area contributed by atoms with Crippen LogP contribution in [-0.4, -0.2) is 19.6 Å². The number of hydrogen-bond acceptors (Lipinski definition) is 4. The fraction of sp³-hybridized carbons (Fsp3) is 0.350. The number of carbonyl (C=O) groups excluding carboxylic acids is 1. The summed E-state index contributed by atoms with van der Waals surface area (Å²) in [4.78, 5) is 14.3. The van der Waals surface area contributed by atoms with Gasteiger partial charge in [0.05, 0.1) is 35.3 Å². The molecule has 2 aliphatic heterocycles. The van der Waals surface area contributed by atoms with Gasteiger partial charge in [0.2, 0.25) is 0 Å². The number of hydrogen-bond donors (Lipinski definition) is 1. The number of para-hydroxylation sites is 1. The van der Waals surface area contributed by atoms with Gasteiger partial charge in [-0.3, -0.25) is 0 Å². The Morgan fingerprint density at radius 3 is 2.92 bits per heavy atom. The minimum Gasteiger partial charge on any atom is -0.465 e. The number of anilines is 3. The van der Waals surface area contributed by atoms with Crippen LogP contribution in [0, 0.1) is 0 Å². The van der Waals surface area contributed by atoms with Gasteiger partial charge in [0.25, 0.3) is 0 Å². The van der Waals surface area contributed by atoms with Crippen molar-refractivity contribution in [3.8, 4) is 0 Å². The van der Waals surface area contributed by atoms with Crippen LogP contribution in [0.25, 0.3) is 0 Å². The summed E-state index contributed by atoms with van der Waals surface area (Å²) in [5.74, 6) is -0.304. The Labute approximate surface area is 142 Å². The summed E-state index contributed by atoms with van der Waals surface area (Å²) >= 11 is 0.